The van der Waals surface area contributed by atoms with Crippen LogP contribution in [0, 0.1) is 5.82 Å². The average Bonchev–Trinajstić information content (AvgIpc) is 2.78. The zero-order valence-corrected chi connectivity index (χ0v) is 20.1. The van der Waals surface area contributed by atoms with Crippen molar-refractivity contribution in [3.8, 4) is 11.4 Å². The molecule has 9 nitrogen and oxygen atoms in total. The lowest BCUT2D eigenvalue weighted by atomic mass is 10.1. The van der Waals surface area contributed by atoms with Gasteiger partial charge in [-0.2, -0.15) is 13.2 Å². The summed E-state index contributed by atoms with van der Waals surface area (Å²) >= 11 is 0. The molecule has 2 heterocycles. The van der Waals surface area contributed by atoms with Gasteiger partial charge in [0.15, 0.2) is 5.82 Å². The lowest BCUT2D eigenvalue weighted by Crippen LogP contribution is -2.43. The number of aliphatic carboxylic acids is 1. The summed E-state index contributed by atoms with van der Waals surface area (Å²) in [5.74, 6) is -2.43. The third-order valence-corrected chi connectivity index (χ3v) is 5.17. The summed E-state index contributed by atoms with van der Waals surface area (Å²) in [6.07, 6.45) is -2.81. The number of nitrogens with zero attached hydrogens (tertiary/aromatic N) is 3. The van der Waals surface area contributed by atoms with Crippen LogP contribution in [0.15, 0.2) is 41.6 Å². The number of carbonyl (C=O) groups excluding carboxylic acids is 1. The van der Waals surface area contributed by atoms with Crippen molar-refractivity contribution in [2.24, 2.45) is 0 Å². The highest BCUT2D eigenvalue weighted by atomic mass is 19.4. The van der Waals surface area contributed by atoms with Gasteiger partial charge in [0, 0.05) is 25.1 Å². The molecule has 3 rings (SSSR count). The molecule has 1 amide bonds. The summed E-state index contributed by atoms with van der Waals surface area (Å²) < 4.78 is 59.3. The Bertz CT molecular complexity index is 1370. The maximum absolute atomic E-state index is 14.8. The number of hydrogen-bond acceptors (Lipinski definition) is 6. The first-order chi connectivity index (χ1) is 17.2. The van der Waals surface area contributed by atoms with Crippen LogP contribution < -0.4 is 10.9 Å². The molecule has 0 radical (unpaired) electrons. The molecule has 2 N–H and O–H groups in total. The van der Waals surface area contributed by atoms with Crippen LogP contribution in [0.25, 0.3) is 22.2 Å². The smallest absolute Gasteiger partial charge is 0.419 e. The fraction of sp³-hybridized carbons (Fsp3) is 0.375. The Morgan fingerprint density at radius 2 is 1.81 bits per heavy atom. The number of alkyl carbamates (subject to hydrolysis) is 1. The summed E-state index contributed by atoms with van der Waals surface area (Å²) in [6, 6.07) is 2.49. The van der Waals surface area contributed by atoms with Crippen LogP contribution >= 0.6 is 0 Å². The topological polar surface area (TPSA) is 123 Å². The third kappa shape index (κ3) is 7.02. The second-order valence-electron chi connectivity index (χ2n) is 9.21. The van der Waals surface area contributed by atoms with Crippen LogP contribution in [-0.4, -0.2) is 43.3 Å². The molecule has 0 saturated heterocycles. The zero-order valence-electron chi connectivity index (χ0n) is 20.1. The second-order valence-corrected chi connectivity index (χ2v) is 9.21. The van der Waals surface area contributed by atoms with Gasteiger partial charge in [-0.15, -0.1) is 0 Å². The van der Waals surface area contributed by atoms with E-state index in [2.05, 4.69) is 15.3 Å². The largest absolute Gasteiger partial charge is 0.480 e. The van der Waals surface area contributed by atoms with Crippen LogP contribution in [0.1, 0.15) is 39.2 Å². The SMILES string of the molecule is CC(C)(C)OC(=O)NC(CCCn1ccc2cc(-c3ncc(C(F)(F)F)cn3)c(F)cc2c1=O)C(=O)O. The van der Waals surface area contributed by atoms with Crippen LogP contribution in [-0.2, 0) is 22.3 Å². The predicted molar refractivity (Wildman–Crippen MR) is 124 cm³/mol. The van der Waals surface area contributed by atoms with E-state index in [4.69, 9.17) is 4.74 Å². The maximum atomic E-state index is 14.8. The third-order valence-electron chi connectivity index (χ3n) is 5.17. The van der Waals surface area contributed by atoms with Gasteiger partial charge in [-0.25, -0.2) is 23.9 Å². The number of carboxylic acid groups (broad SMARTS) is 1. The van der Waals surface area contributed by atoms with E-state index in [-0.39, 0.29) is 36.2 Å². The van der Waals surface area contributed by atoms with Gasteiger partial charge in [0.1, 0.15) is 17.5 Å². The van der Waals surface area contributed by atoms with Gasteiger partial charge >= 0.3 is 18.2 Å². The van der Waals surface area contributed by atoms with Gasteiger partial charge in [0.05, 0.1) is 16.5 Å². The number of carboxylic acids is 1. The molecule has 1 atom stereocenters. The first kappa shape index (κ1) is 27.6. The number of nitrogens with one attached hydrogen (secondary N) is 1. The highest BCUT2D eigenvalue weighted by Gasteiger charge is 2.31. The first-order valence-electron chi connectivity index (χ1n) is 11.1. The summed E-state index contributed by atoms with van der Waals surface area (Å²) in [5, 5.41) is 12.0. The Morgan fingerprint density at radius 3 is 2.38 bits per heavy atom. The van der Waals surface area contributed by atoms with E-state index < -0.39 is 46.8 Å². The molecular weight excluding hydrogens is 500 g/mol. The Kier molecular flexibility index (Phi) is 7.84. The van der Waals surface area contributed by atoms with Gasteiger partial charge in [-0.1, -0.05) is 0 Å². The second kappa shape index (κ2) is 10.5. The van der Waals surface area contributed by atoms with Crippen molar-refractivity contribution in [3.63, 3.8) is 0 Å². The number of aryl methyl sites for hydroxylation is 1. The van der Waals surface area contributed by atoms with Gasteiger partial charge in [-0.3, -0.25) is 4.79 Å². The van der Waals surface area contributed by atoms with E-state index in [0.717, 1.165) is 6.07 Å². The van der Waals surface area contributed by atoms with Crippen molar-refractivity contribution in [3.05, 3.63) is 58.5 Å². The van der Waals surface area contributed by atoms with E-state index in [0.29, 0.717) is 17.8 Å². The molecule has 0 aliphatic rings. The first-order valence-corrected chi connectivity index (χ1v) is 11.1. The van der Waals surface area contributed by atoms with Crippen molar-refractivity contribution in [2.45, 2.75) is 58.0 Å². The molecule has 0 aliphatic heterocycles. The molecule has 0 bridgehead atoms. The van der Waals surface area contributed by atoms with Gasteiger partial charge in [-0.05, 0) is 57.2 Å². The highest BCUT2D eigenvalue weighted by Crippen LogP contribution is 2.30. The van der Waals surface area contributed by atoms with Gasteiger partial charge in [0.2, 0.25) is 0 Å². The number of hydrogen-bond donors (Lipinski definition) is 2. The van der Waals surface area contributed by atoms with Crippen molar-refractivity contribution < 1.29 is 37.0 Å². The zero-order chi connectivity index (χ0) is 27.5. The molecule has 1 unspecified atom stereocenters. The van der Waals surface area contributed by atoms with Gasteiger partial charge in [0.25, 0.3) is 5.56 Å². The molecule has 0 fully saturated rings. The Hall–Kier alpha value is -4.03. The molecule has 0 aliphatic carbocycles. The number of pyridine rings is 1. The Balaban J connectivity index is 1.75. The lowest BCUT2D eigenvalue weighted by molar-refractivity contribution is -0.140. The fourth-order valence-corrected chi connectivity index (χ4v) is 3.44. The summed E-state index contributed by atoms with van der Waals surface area (Å²) in [6.45, 7) is 4.99. The predicted octanol–water partition coefficient (Wildman–Crippen LogP) is 4.37. The number of ether oxygens (including phenoxy) is 1. The normalized spacial score (nSPS) is 12.8. The van der Waals surface area contributed by atoms with Crippen molar-refractivity contribution >= 4 is 22.8 Å². The Morgan fingerprint density at radius 1 is 1.16 bits per heavy atom. The standard InChI is InChI=1S/C24H24F4N4O5/c1-23(2,3)37-22(36)31-18(21(34)35)5-4-7-32-8-6-13-9-16(17(25)10-15(13)20(32)33)19-29-11-14(12-30-19)24(26,27)28/h6,8-12,18H,4-5,7H2,1-3H3,(H,31,36)(H,34,35). The molecule has 198 valence electrons. The molecule has 1 aromatic carbocycles. The quantitative estimate of drug-likeness (QED) is 0.440. The lowest BCUT2D eigenvalue weighted by Gasteiger charge is -2.22. The van der Waals surface area contributed by atoms with E-state index in [1.54, 1.807) is 20.8 Å². The van der Waals surface area contributed by atoms with Crippen LogP contribution in [0.3, 0.4) is 0 Å². The van der Waals surface area contributed by atoms with Crippen molar-refractivity contribution in [2.75, 3.05) is 0 Å². The van der Waals surface area contributed by atoms with Crippen LogP contribution in [0.2, 0.25) is 0 Å². The summed E-state index contributed by atoms with van der Waals surface area (Å²) in [4.78, 5) is 43.4. The number of fused-ring (bicyclic) bond motifs is 1. The average molecular weight is 524 g/mol. The molecule has 13 heteroatoms. The Labute approximate surface area is 208 Å². The number of carbonyl (C=O) groups is 2. The molecule has 37 heavy (non-hydrogen) atoms. The number of rotatable bonds is 7. The van der Waals surface area contributed by atoms with E-state index in [1.807, 2.05) is 0 Å². The van der Waals surface area contributed by atoms with E-state index in [1.165, 1.54) is 22.9 Å². The fourth-order valence-electron chi connectivity index (χ4n) is 3.44. The summed E-state index contributed by atoms with van der Waals surface area (Å²) in [5.41, 5.74) is -2.61. The van der Waals surface area contributed by atoms with E-state index >= 15 is 0 Å². The monoisotopic (exact) mass is 524 g/mol. The molecule has 2 aromatic heterocycles. The number of benzene rings is 1. The number of aromatic nitrogens is 3. The molecule has 0 saturated carbocycles. The van der Waals surface area contributed by atoms with Crippen molar-refractivity contribution in [1.82, 2.24) is 19.9 Å². The minimum absolute atomic E-state index is 0.00237. The van der Waals surface area contributed by atoms with Gasteiger partial charge < -0.3 is 19.7 Å². The van der Waals surface area contributed by atoms with Crippen molar-refractivity contribution in [1.29, 1.82) is 0 Å². The molecular formula is C24H24F4N4O5. The number of amides is 1. The molecule has 0 spiro atoms. The number of alkyl halides is 3. The number of halogens is 4. The summed E-state index contributed by atoms with van der Waals surface area (Å²) in [7, 11) is 0. The van der Waals surface area contributed by atoms with Crippen LogP contribution in [0.5, 0.6) is 0 Å². The maximum Gasteiger partial charge on any atom is 0.419 e. The minimum atomic E-state index is -4.64. The molecule has 3 aromatic rings. The highest BCUT2D eigenvalue weighted by molar-refractivity contribution is 5.86. The van der Waals surface area contributed by atoms with E-state index in [9.17, 15) is 37.1 Å². The minimum Gasteiger partial charge on any atom is -0.480 e. The van der Waals surface area contributed by atoms with Crippen LogP contribution in [0.4, 0.5) is 22.4 Å².